The molecule has 0 heterocycles. The highest BCUT2D eigenvalue weighted by Crippen LogP contribution is 2.36. The van der Waals surface area contributed by atoms with Crippen molar-refractivity contribution in [1.82, 2.24) is 0 Å². The lowest BCUT2D eigenvalue weighted by Gasteiger charge is -2.15. The molecule has 0 fully saturated rings. The average molecular weight is 297 g/mol. The van der Waals surface area contributed by atoms with Crippen LogP contribution in [0.15, 0.2) is 48.5 Å². The van der Waals surface area contributed by atoms with Crippen molar-refractivity contribution in [1.29, 1.82) is 0 Å². The Labute approximate surface area is 123 Å². The van der Waals surface area contributed by atoms with Crippen LogP contribution >= 0.6 is 23.2 Å². The molecule has 2 rings (SSSR count). The monoisotopic (exact) mass is 296 g/mol. The van der Waals surface area contributed by atoms with Gasteiger partial charge in [-0.1, -0.05) is 48.0 Å². The van der Waals surface area contributed by atoms with Crippen LogP contribution < -0.4 is 0 Å². The Morgan fingerprint density at radius 1 is 0.947 bits per heavy atom. The van der Waals surface area contributed by atoms with Crippen molar-refractivity contribution in [3.05, 3.63) is 71.0 Å². The zero-order valence-electron chi connectivity index (χ0n) is 10.6. The lowest BCUT2D eigenvalue weighted by Crippen LogP contribution is -1.99. The first-order valence-electron chi connectivity index (χ1n) is 6.17. The topological polar surface area (TPSA) is 0 Å². The van der Waals surface area contributed by atoms with Gasteiger partial charge >= 0.3 is 0 Å². The molecule has 0 saturated heterocycles. The summed E-state index contributed by atoms with van der Waals surface area (Å²) in [5, 5.41) is -0.646. The Kier molecular flexibility index (Phi) is 4.84. The van der Waals surface area contributed by atoms with Crippen LogP contribution in [0.5, 0.6) is 0 Å². The van der Waals surface area contributed by atoms with Crippen LogP contribution in [0.2, 0.25) is 0 Å². The summed E-state index contributed by atoms with van der Waals surface area (Å²) in [4.78, 5) is 0. The number of alkyl halides is 2. The van der Waals surface area contributed by atoms with Gasteiger partial charge in [0, 0.05) is 5.56 Å². The molecule has 0 aliphatic rings. The summed E-state index contributed by atoms with van der Waals surface area (Å²) in [5.41, 5.74) is 2.69. The summed E-state index contributed by atoms with van der Waals surface area (Å²) < 4.78 is 13.6. The number of hydrogen-bond acceptors (Lipinski definition) is 0. The predicted molar refractivity (Wildman–Crippen MR) is 79.4 cm³/mol. The Hall–Kier alpha value is -1.05. The van der Waals surface area contributed by atoms with Crippen molar-refractivity contribution in [3.8, 4) is 0 Å². The van der Waals surface area contributed by atoms with Gasteiger partial charge in [-0.2, -0.15) is 0 Å². The minimum atomic E-state index is -0.426. The molecule has 2 atom stereocenters. The lowest BCUT2D eigenvalue weighted by molar-refractivity contribution is 0.599. The van der Waals surface area contributed by atoms with E-state index in [2.05, 4.69) is 0 Å². The number of benzene rings is 2. The van der Waals surface area contributed by atoms with E-state index in [0.29, 0.717) is 12.0 Å². The normalized spacial score (nSPS) is 14.1. The van der Waals surface area contributed by atoms with E-state index in [1.54, 1.807) is 18.2 Å². The zero-order valence-corrected chi connectivity index (χ0v) is 12.1. The quantitative estimate of drug-likeness (QED) is 0.627. The van der Waals surface area contributed by atoms with Gasteiger partial charge in [-0.15, -0.1) is 23.2 Å². The predicted octanol–water partition coefficient (Wildman–Crippen LogP) is 5.78. The molecule has 2 unspecified atom stereocenters. The summed E-state index contributed by atoms with van der Waals surface area (Å²) in [6.45, 7) is 2.02. The highest BCUT2D eigenvalue weighted by atomic mass is 35.5. The number of hydrogen-bond donors (Lipinski definition) is 0. The summed E-state index contributed by atoms with van der Waals surface area (Å²) >= 11 is 12.6. The van der Waals surface area contributed by atoms with E-state index < -0.39 is 5.38 Å². The van der Waals surface area contributed by atoms with Gasteiger partial charge in [-0.25, -0.2) is 4.39 Å². The van der Waals surface area contributed by atoms with E-state index in [0.717, 1.165) is 5.56 Å². The van der Waals surface area contributed by atoms with Crippen LogP contribution in [0.3, 0.4) is 0 Å². The Balaban J connectivity index is 2.08. The van der Waals surface area contributed by atoms with E-state index >= 15 is 0 Å². The van der Waals surface area contributed by atoms with Gasteiger partial charge in [-0.05, 0) is 25.0 Å². The third-order valence-corrected chi connectivity index (χ3v) is 3.94. The van der Waals surface area contributed by atoms with Crippen molar-refractivity contribution < 1.29 is 4.39 Å². The Morgan fingerprint density at radius 2 is 1.58 bits per heavy atom. The molecule has 0 radical (unpaired) electrons. The molecule has 3 heteroatoms. The third kappa shape index (κ3) is 3.71. The molecular weight excluding hydrogens is 282 g/mol. The molecule has 19 heavy (non-hydrogen) atoms. The fourth-order valence-electron chi connectivity index (χ4n) is 1.95. The molecular formula is C16H15Cl2F. The molecule has 2 aromatic carbocycles. The second kappa shape index (κ2) is 6.40. The molecule has 0 saturated carbocycles. The average Bonchev–Trinajstić information content (AvgIpc) is 2.39. The van der Waals surface area contributed by atoms with Gasteiger partial charge in [0.05, 0.1) is 10.8 Å². The zero-order chi connectivity index (χ0) is 13.8. The second-order valence-corrected chi connectivity index (χ2v) is 5.66. The van der Waals surface area contributed by atoms with Gasteiger partial charge in [0.15, 0.2) is 0 Å². The standard InChI is InChI=1S/C16H15Cl2F/c1-11-6-8-12(9-7-11)14(17)10-15(18)13-4-2-3-5-16(13)19/h2-9,14-15H,10H2,1H3. The van der Waals surface area contributed by atoms with E-state index in [1.807, 2.05) is 31.2 Å². The highest BCUT2D eigenvalue weighted by Gasteiger charge is 2.18. The van der Waals surface area contributed by atoms with Crippen molar-refractivity contribution in [2.75, 3.05) is 0 Å². The van der Waals surface area contributed by atoms with Crippen LogP contribution in [-0.2, 0) is 0 Å². The van der Waals surface area contributed by atoms with E-state index in [4.69, 9.17) is 23.2 Å². The molecule has 0 bridgehead atoms. The Morgan fingerprint density at radius 3 is 2.21 bits per heavy atom. The second-order valence-electron chi connectivity index (χ2n) is 4.60. The number of halogens is 3. The van der Waals surface area contributed by atoms with Gasteiger partial charge < -0.3 is 0 Å². The molecule has 0 aliphatic heterocycles. The smallest absolute Gasteiger partial charge is 0.127 e. The van der Waals surface area contributed by atoms with Crippen molar-refractivity contribution in [2.45, 2.75) is 24.1 Å². The summed E-state index contributed by atoms with van der Waals surface area (Å²) in [7, 11) is 0. The first-order chi connectivity index (χ1) is 9.08. The SMILES string of the molecule is Cc1ccc(C(Cl)CC(Cl)c2ccccc2F)cc1. The molecule has 0 aromatic heterocycles. The highest BCUT2D eigenvalue weighted by molar-refractivity contribution is 6.23. The lowest BCUT2D eigenvalue weighted by atomic mass is 10.0. The van der Waals surface area contributed by atoms with Crippen LogP contribution in [0.4, 0.5) is 4.39 Å². The van der Waals surface area contributed by atoms with Gasteiger partial charge in [0.2, 0.25) is 0 Å². The molecule has 0 N–H and O–H groups in total. The molecule has 0 spiro atoms. The minimum absolute atomic E-state index is 0.220. The molecule has 2 aromatic rings. The summed E-state index contributed by atoms with van der Waals surface area (Å²) in [6, 6.07) is 14.5. The van der Waals surface area contributed by atoms with E-state index in [-0.39, 0.29) is 11.2 Å². The fraction of sp³-hybridized carbons (Fsp3) is 0.250. The number of rotatable bonds is 4. The number of aryl methyl sites for hydroxylation is 1. The van der Waals surface area contributed by atoms with Gasteiger partial charge in [-0.3, -0.25) is 0 Å². The third-order valence-electron chi connectivity index (χ3n) is 3.10. The molecule has 0 aliphatic carbocycles. The maximum atomic E-state index is 13.6. The molecule has 0 nitrogen and oxygen atoms in total. The maximum Gasteiger partial charge on any atom is 0.127 e. The van der Waals surface area contributed by atoms with Crippen molar-refractivity contribution in [3.63, 3.8) is 0 Å². The van der Waals surface area contributed by atoms with Crippen molar-refractivity contribution in [2.24, 2.45) is 0 Å². The van der Waals surface area contributed by atoms with Crippen LogP contribution in [0, 0.1) is 12.7 Å². The van der Waals surface area contributed by atoms with Crippen molar-refractivity contribution >= 4 is 23.2 Å². The van der Waals surface area contributed by atoms with Gasteiger partial charge in [0.25, 0.3) is 0 Å². The van der Waals surface area contributed by atoms with Crippen LogP contribution in [-0.4, -0.2) is 0 Å². The Bertz CT molecular complexity index is 537. The minimum Gasteiger partial charge on any atom is -0.207 e. The largest absolute Gasteiger partial charge is 0.207 e. The van der Waals surface area contributed by atoms with E-state index in [1.165, 1.54) is 11.6 Å². The first-order valence-corrected chi connectivity index (χ1v) is 7.04. The van der Waals surface area contributed by atoms with Gasteiger partial charge in [0.1, 0.15) is 5.82 Å². The molecule has 0 amide bonds. The van der Waals surface area contributed by atoms with Crippen LogP contribution in [0.1, 0.15) is 33.9 Å². The fourth-order valence-corrected chi connectivity index (χ4v) is 2.72. The summed E-state index contributed by atoms with van der Waals surface area (Å²) in [5.74, 6) is -0.282. The summed E-state index contributed by atoms with van der Waals surface area (Å²) in [6.07, 6.45) is 0.493. The van der Waals surface area contributed by atoms with Crippen LogP contribution in [0.25, 0.3) is 0 Å². The maximum absolute atomic E-state index is 13.6. The molecule has 100 valence electrons. The first kappa shape index (κ1) is 14.4. The van der Waals surface area contributed by atoms with E-state index in [9.17, 15) is 4.39 Å².